The van der Waals surface area contributed by atoms with Crippen molar-refractivity contribution >= 4 is 11.7 Å². The van der Waals surface area contributed by atoms with E-state index in [1.807, 2.05) is 4.90 Å². The molecule has 1 amide bonds. The zero-order valence-electron chi connectivity index (χ0n) is 9.58. The van der Waals surface area contributed by atoms with Gasteiger partial charge in [-0.2, -0.15) is 0 Å². The van der Waals surface area contributed by atoms with E-state index in [9.17, 15) is 9.59 Å². The predicted molar refractivity (Wildman–Crippen MR) is 57.4 cm³/mol. The maximum atomic E-state index is 12.1. The molecule has 1 aliphatic heterocycles. The lowest BCUT2D eigenvalue weighted by Gasteiger charge is -2.44. The molecule has 0 bridgehead atoms. The summed E-state index contributed by atoms with van der Waals surface area (Å²) in [6, 6.07) is 0. The first kappa shape index (κ1) is 10.7. The molecule has 2 rings (SSSR count). The number of likely N-dealkylation sites (tertiary alicyclic amines) is 1. The van der Waals surface area contributed by atoms with Gasteiger partial charge in [0.25, 0.3) is 0 Å². The third-order valence-electron chi connectivity index (χ3n) is 3.80. The number of carbonyl (C=O) groups is 2. The number of hydrogen-bond donors (Lipinski definition) is 0. The Labute approximate surface area is 90.8 Å². The van der Waals surface area contributed by atoms with Crippen molar-refractivity contribution in [3.05, 3.63) is 0 Å². The van der Waals surface area contributed by atoms with E-state index in [-0.39, 0.29) is 23.1 Å². The van der Waals surface area contributed by atoms with Crippen LogP contribution >= 0.6 is 0 Å². The normalized spacial score (nSPS) is 26.3. The second-order valence-electron chi connectivity index (χ2n) is 5.40. The first-order valence-electron chi connectivity index (χ1n) is 5.84. The zero-order chi connectivity index (χ0) is 11.1. The summed E-state index contributed by atoms with van der Waals surface area (Å²) in [5.41, 5.74) is -0.124. The van der Waals surface area contributed by atoms with E-state index in [0.29, 0.717) is 13.0 Å². The van der Waals surface area contributed by atoms with Crippen molar-refractivity contribution in [1.82, 2.24) is 4.90 Å². The molecule has 15 heavy (non-hydrogen) atoms. The SMILES string of the molecule is CC1(C)CCC(=O)CN1C(=O)C1CCC1. The van der Waals surface area contributed by atoms with Crippen molar-refractivity contribution in [3.8, 4) is 0 Å². The Bertz CT molecular complexity index is 292. The summed E-state index contributed by atoms with van der Waals surface area (Å²) in [5.74, 6) is 0.622. The van der Waals surface area contributed by atoms with Gasteiger partial charge in [0.1, 0.15) is 0 Å². The van der Waals surface area contributed by atoms with Crippen molar-refractivity contribution in [3.63, 3.8) is 0 Å². The van der Waals surface area contributed by atoms with Crippen LogP contribution in [0.25, 0.3) is 0 Å². The molecule has 2 fully saturated rings. The molecule has 0 aromatic heterocycles. The van der Waals surface area contributed by atoms with E-state index >= 15 is 0 Å². The van der Waals surface area contributed by atoms with E-state index in [2.05, 4.69) is 13.8 Å². The molecule has 0 aromatic carbocycles. The summed E-state index contributed by atoms with van der Waals surface area (Å²) in [5, 5.41) is 0. The fraction of sp³-hybridized carbons (Fsp3) is 0.833. The number of ketones is 1. The fourth-order valence-electron chi connectivity index (χ4n) is 2.30. The van der Waals surface area contributed by atoms with E-state index in [0.717, 1.165) is 19.3 Å². The minimum atomic E-state index is -0.124. The monoisotopic (exact) mass is 209 g/mol. The van der Waals surface area contributed by atoms with E-state index in [4.69, 9.17) is 0 Å². The van der Waals surface area contributed by atoms with Gasteiger partial charge in [-0.05, 0) is 33.1 Å². The van der Waals surface area contributed by atoms with Crippen molar-refractivity contribution in [2.45, 2.75) is 51.5 Å². The summed E-state index contributed by atoms with van der Waals surface area (Å²) in [6.07, 6.45) is 4.63. The lowest BCUT2D eigenvalue weighted by Crippen LogP contribution is -2.56. The fourth-order valence-corrected chi connectivity index (χ4v) is 2.30. The van der Waals surface area contributed by atoms with Crippen molar-refractivity contribution < 1.29 is 9.59 Å². The van der Waals surface area contributed by atoms with Gasteiger partial charge in [-0.3, -0.25) is 9.59 Å². The number of piperidine rings is 1. The van der Waals surface area contributed by atoms with Crippen LogP contribution in [-0.4, -0.2) is 28.7 Å². The molecule has 0 N–H and O–H groups in total. The Hall–Kier alpha value is -0.860. The Morgan fingerprint density at radius 1 is 1.40 bits per heavy atom. The minimum Gasteiger partial charge on any atom is -0.330 e. The third kappa shape index (κ3) is 1.92. The van der Waals surface area contributed by atoms with Crippen LogP contribution in [0.2, 0.25) is 0 Å². The average molecular weight is 209 g/mol. The Morgan fingerprint density at radius 2 is 2.07 bits per heavy atom. The van der Waals surface area contributed by atoms with Crippen LogP contribution < -0.4 is 0 Å². The van der Waals surface area contributed by atoms with Crippen molar-refractivity contribution in [1.29, 1.82) is 0 Å². The van der Waals surface area contributed by atoms with Crippen molar-refractivity contribution in [2.24, 2.45) is 5.92 Å². The van der Waals surface area contributed by atoms with E-state index in [1.165, 1.54) is 6.42 Å². The summed E-state index contributed by atoms with van der Waals surface area (Å²) < 4.78 is 0. The average Bonchev–Trinajstić information content (AvgIpc) is 2.06. The van der Waals surface area contributed by atoms with Gasteiger partial charge in [-0.1, -0.05) is 6.42 Å². The number of carbonyl (C=O) groups excluding carboxylic acids is 2. The highest BCUT2D eigenvalue weighted by Crippen LogP contribution is 2.33. The number of rotatable bonds is 1. The smallest absolute Gasteiger partial charge is 0.226 e. The number of amides is 1. The molecule has 0 atom stereocenters. The molecule has 1 saturated heterocycles. The van der Waals surface area contributed by atoms with Crippen LogP contribution in [0.4, 0.5) is 0 Å². The Kier molecular flexibility index (Phi) is 2.57. The summed E-state index contributed by atoms with van der Waals surface area (Å²) >= 11 is 0. The van der Waals surface area contributed by atoms with E-state index < -0.39 is 0 Å². The Morgan fingerprint density at radius 3 is 2.60 bits per heavy atom. The molecule has 0 aromatic rings. The molecular weight excluding hydrogens is 190 g/mol. The van der Waals surface area contributed by atoms with Gasteiger partial charge >= 0.3 is 0 Å². The lowest BCUT2D eigenvalue weighted by atomic mass is 9.81. The van der Waals surface area contributed by atoms with Gasteiger partial charge in [-0.15, -0.1) is 0 Å². The molecule has 3 heteroatoms. The molecule has 0 radical (unpaired) electrons. The maximum Gasteiger partial charge on any atom is 0.226 e. The van der Waals surface area contributed by atoms with Gasteiger partial charge in [0, 0.05) is 17.9 Å². The largest absolute Gasteiger partial charge is 0.330 e. The van der Waals surface area contributed by atoms with Crippen molar-refractivity contribution in [2.75, 3.05) is 6.54 Å². The highest BCUT2D eigenvalue weighted by molar-refractivity contribution is 5.89. The second-order valence-corrected chi connectivity index (χ2v) is 5.40. The van der Waals surface area contributed by atoms with Gasteiger partial charge < -0.3 is 4.90 Å². The van der Waals surface area contributed by atoms with Crippen LogP contribution in [0, 0.1) is 5.92 Å². The molecule has 1 saturated carbocycles. The summed E-state index contributed by atoms with van der Waals surface area (Å²) in [7, 11) is 0. The maximum absolute atomic E-state index is 12.1. The van der Waals surface area contributed by atoms with Gasteiger partial charge in [0.05, 0.1) is 6.54 Å². The first-order chi connectivity index (χ1) is 7.00. The minimum absolute atomic E-state index is 0.124. The van der Waals surface area contributed by atoms with Crippen LogP contribution in [0.3, 0.4) is 0 Å². The molecule has 0 unspecified atom stereocenters. The predicted octanol–water partition coefficient (Wildman–Crippen LogP) is 1.76. The molecule has 1 aliphatic carbocycles. The summed E-state index contributed by atoms with van der Waals surface area (Å²) in [4.78, 5) is 25.3. The quantitative estimate of drug-likeness (QED) is 0.660. The summed E-state index contributed by atoms with van der Waals surface area (Å²) in [6.45, 7) is 4.47. The second kappa shape index (κ2) is 3.62. The van der Waals surface area contributed by atoms with Crippen LogP contribution in [0.5, 0.6) is 0 Å². The van der Waals surface area contributed by atoms with Gasteiger partial charge in [0.15, 0.2) is 5.78 Å². The Balaban J connectivity index is 2.09. The number of hydrogen-bond acceptors (Lipinski definition) is 2. The lowest BCUT2D eigenvalue weighted by molar-refractivity contribution is -0.150. The topological polar surface area (TPSA) is 37.4 Å². The van der Waals surface area contributed by atoms with Crippen LogP contribution in [0.15, 0.2) is 0 Å². The highest BCUT2D eigenvalue weighted by atomic mass is 16.2. The molecule has 2 aliphatic rings. The molecular formula is C12H19NO2. The van der Waals surface area contributed by atoms with Gasteiger partial charge in [-0.25, -0.2) is 0 Å². The van der Waals surface area contributed by atoms with Crippen LogP contribution in [0.1, 0.15) is 46.0 Å². The highest BCUT2D eigenvalue weighted by Gasteiger charge is 2.40. The van der Waals surface area contributed by atoms with E-state index in [1.54, 1.807) is 0 Å². The molecule has 84 valence electrons. The molecule has 1 heterocycles. The molecule has 3 nitrogen and oxygen atoms in total. The third-order valence-corrected chi connectivity index (χ3v) is 3.80. The van der Waals surface area contributed by atoms with Gasteiger partial charge in [0.2, 0.25) is 5.91 Å². The number of nitrogens with zero attached hydrogens (tertiary/aromatic N) is 1. The first-order valence-corrected chi connectivity index (χ1v) is 5.84. The standard InChI is InChI=1S/C12H19NO2/c1-12(2)7-6-10(14)8-13(12)11(15)9-4-3-5-9/h9H,3-8H2,1-2H3. The zero-order valence-corrected chi connectivity index (χ0v) is 9.58. The number of Topliss-reactive ketones (excluding diaryl/α,β-unsaturated/α-hetero) is 1. The van der Waals surface area contributed by atoms with Crippen LogP contribution in [-0.2, 0) is 9.59 Å². The molecule has 0 spiro atoms.